The van der Waals surface area contributed by atoms with E-state index < -0.39 is 34.3 Å². The van der Waals surface area contributed by atoms with E-state index in [0.717, 1.165) is 0 Å². The van der Waals surface area contributed by atoms with E-state index in [9.17, 15) is 18.0 Å². The van der Waals surface area contributed by atoms with E-state index in [-0.39, 0.29) is 5.69 Å². The quantitative estimate of drug-likeness (QED) is 0.779. The first kappa shape index (κ1) is 17.2. The fourth-order valence-corrected chi connectivity index (χ4v) is 1.68. The number of hydrogen-bond donors (Lipinski definition) is 0. The maximum Gasteiger partial charge on any atom is 0.417 e. The molecular weight excluding hydrogens is 309 g/mol. The third kappa shape index (κ3) is 4.60. The second-order valence-electron chi connectivity index (χ2n) is 5.18. The predicted octanol–water partition coefficient (Wildman–Crippen LogP) is 3.70. The zero-order valence-electron chi connectivity index (χ0n) is 11.5. The highest BCUT2D eigenvalue weighted by Gasteiger charge is 2.34. The lowest BCUT2D eigenvalue weighted by molar-refractivity contribution is -0.155. The van der Waals surface area contributed by atoms with Gasteiger partial charge in [0.2, 0.25) is 0 Å². The molecule has 0 saturated carbocycles. The predicted molar refractivity (Wildman–Crippen MR) is 68.4 cm³/mol. The van der Waals surface area contributed by atoms with E-state index >= 15 is 0 Å². The summed E-state index contributed by atoms with van der Waals surface area (Å²) in [4.78, 5) is 15.4. The second kappa shape index (κ2) is 5.90. The Morgan fingerprint density at radius 3 is 2.38 bits per heavy atom. The fraction of sp³-hybridized carbons (Fsp3) is 0.462. The third-order valence-electron chi connectivity index (χ3n) is 2.24. The molecule has 1 heterocycles. The summed E-state index contributed by atoms with van der Waals surface area (Å²) in [6.07, 6.45) is -4.08. The first-order chi connectivity index (χ1) is 9.45. The van der Waals surface area contributed by atoms with Crippen molar-refractivity contribution < 1.29 is 22.7 Å². The summed E-state index contributed by atoms with van der Waals surface area (Å²) in [7, 11) is 0. The Hall–Kier alpha value is -1.81. The lowest BCUT2D eigenvalue weighted by atomic mass is 10.1. The van der Waals surface area contributed by atoms with E-state index in [2.05, 4.69) is 4.98 Å². The van der Waals surface area contributed by atoms with Crippen molar-refractivity contribution in [3.8, 4) is 6.07 Å². The van der Waals surface area contributed by atoms with Gasteiger partial charge in [0, 0.05) is 6.20 Å². The molecule has 21 heavy (non-hydrogen) atoms. The fourth-order valence-electron chi connectivity index (χ4n) is 1.40. The number of nitriles is 1. The smallest absolute Gasteiger partial charge is 0.417 e. The summed E-state index contributed by atoms with van der Waals surface area (Å²) in [6.45, 7) is 4.80. The molecule has 0 aromatic carbocycles. The number of ether oxygens (including phenoxy) is 1. The summed E-state index contributed by atoms with van der Waals surface area (Å²) in [5.41, 5.74) is -2.16. The van der Waals surface area contributed by atoms with Gasteiger partial charge in [-0.15, -0.1) is 0 Å². The van der Waals surface area contributed by atoms with Crippen LogP contribution in [0.3, 0.4) is 0 Å². The Labute approximate surface area is 124 Å². The number of aromatic nitrogens is 1. The Kier molecular flexibility index (Phi) is 4.84. The van der Waals surface area contributed by atoms with E-state index in [1.807, 2.05) is 0 Å². The molecule has 0 aliphatic heterocycles. The van der Waals surface area contributed by atoms with Gasteiger partial charge in [0.05, 0.1) is 22.3 Å². The van der Waals surface area contributed by atoms with Crippen LogP contribution in [-0.2, 0) is 15.7 Å². The number of pyridine rings is 1. The van der Waals surface area contributed by atoms with Crippen molar-refractivity contribution in [2.75, 3.05) is 0 Å². The number of alkyl halides is 3. The number of nitrogens with zero attached hydrogens (tertiary/aromatic N) is 2. The van der Waals surface area contributed by atoms with Crippen LogP contribution in [0.25, 0.3) is 0 Å². The van der Waals surface area contributed by atoms with Gasteiger partial charge in [-0.05, 0) is 26.8 Å². The summed E-state index contributed by atoms with van der Waals surface area (Å²) in [5.74, 6) is -2.40. The van der Waals surface area contributed by atoms with Gasteiger partial charge >= 0.3 is 12.1 Å². The highest BCUT2D eigenvalue weighted by Crippen LogP contribution is 2.33. The van der Waals surface area contributed by atoms with Gasteiger partial charge in [-0.1, -0.05) is 11.6 Å². The van der Waals surface area contributed by atoms with Crippen LogP contribution in [0.5, 0.6) is 0 Å². The molecule has 0 aliphatic rings. The minimum absolute atomic E-state index is 0.263. The van der Waals surface area contributed by atoms with Crippen LogP contribution in [-0.4, -0.2) is 16.6 Å². The normalized spacial score (nSPS) is 13.4. The van der Waals surface area contributed by atoms with E-state index in [4.69, 9.17) is 21.6 Å². The minimum Gasteiger partial charge on any atom is -0.459 e. The average Bonchev–Trinajstić information content (AvgIpc) is 2.28. The third-order valence-corrected chi connectivity index (χ3v) is 2.54. The van der Waals surface area contributed by atoms with Crippen LogP contribution in [0.1, 0.15) is 37.9 Å². The molecule has 0 aliphatic carbocycles. The van der Waals surface area contributed by atoms with Gasteiger partial charge in [-0.3, -0.25) is 9.78 Å². The molecule has 0 N–H and O–H groups in total. The SMILES string of the molecule is CC(C)(C)OC(=O)[C@H](C#N)c1ncc(C(F)(F)F)cc1Cl. The first-order valence-corrected chi connectivity index (χ1v) is 6.18. The molecule has 1 aromatic heterocycles. The van der Waals surface area contributed by atoms with Gasteiger partial charge in [0.1, 0.15) is 5.60 Å². The summed E-state index contributed by atoms with van der Waals surface area (Å²) in [6, 6.07) is 2.26. The number of rotatable bonds is 2. The minimum atomic E-state index is -4.61. The average molecular weight is 321 g/mol. The Balaban J connectivity index is 3.14. The molecule has 1 atom stereocenters. The molecule has 1 rings (SSSR count). The molecule has 0 bridgehead atoms. The molecule has 1 aromatic rings. The van der Waals surface area contributed by atoms with Crippen LogP contribution >= 0.6 is 11.6 Å². The second-order valence-corrected chi connectivity index (χ2v) is 5.59. The van der Waals surface area contributed by atoms with Crippen LogP contribution in [0.2, 0.25) is 5.02 Å². The number of esters is 1. The molecule has 0 unspecified atom stereocenters. The Morgan fingerprint density at radius 2 is 2.00 bits per heavy atom. The number of carbonyl (C=O) groups is 1. The van der Waals surface area contributed by atoms with Crippen LogP contribution in [0.15, 0.2) is 12.3 Å². The zero-order chi connectivity index (χ0) is 16.4. The maximum atomic E-state index is 12.5. The standard InChI is InChI=1S/C13H12ClF3N2O2/c1-12(2,3)21-11(20)8(5-18)10-9(14)4-7(6-19-10)13(15,16)17/h4,6,8H,1-3H3/t8-/m1/s1. The van der Waals surface area contributed by atoms with Gasteiger partial charge in [-0.2, -0.15) is 18.4 Å². The zero-order valence-corrected chi connectivity index (χ0v) is 12.2. The van der Waals surface area contributed by atoms with Crippen molar-refractivity contribution in [1.82, 2.24) is 4.98 Å². The monoisotopic (exact) mass is 320 g/mol. The van der Waals surface area contributed by atoms with Crippen molar-refractivity contribution in [2.24, 2.45) is 0 Å². The van der Waals surface area contributed by atoms with E-state index in [1.54, 1.807) is 26.8 Å². The lowest BCUT2D eigenvalue weighted by Gasteiger charge is -2.21. The van der Waals surface area contributed by atoms with Crippen molar-refractivity contribution in [3.05, 3.63) is 28.5 Å². The molecular formula is C13H12ClF3N2O2. The van der Waals surface area contributed by atoms with Gasteiger partial charge in [0.25, 0.3) is 0 Å². The number of halogens is 4. The summed E-state index contributed by atoms with van der Waals surface area (Å²) in [5, 5.41) is 8.61. The topological polar surface area (TPSA) is 63.0 Å². The van der Waals surface area contributed by atoms with Crippen LogP contribution < -0.4 is 0 Å². The van der Waals surface area contributed by atoms with Gasteiger partial charge < -0.3 is 4.74 Å². The summed E-state index contributed by atoms with van der Waals surface area (Å²) < 4.78 is 42.5. The molecule has 4 nitrogen and oxygen atoms in total. The molecule has 114 valence electrons. The molecule has 0 radical (unpaired) electrons. The van der Waals surface area contributed by atoms with Crippen molar-refractivity contribution in [2.45, 2.75) is 38.5 Å². The molecule has 0 saturated heterocycles. The molecule has 0 fully saturated rings. The Morgan fingerprint density at radius 1 is 1.43 bits per heavy atom. The van der Waals surface area contributed by atoms with Gasteiger partial charge in [0.15, 0.2) is 5.92 Å². The van der Waals surface area contributed by atoms with E-state index in [0.29, 0.717) is 12.3 Å². The molecule has 8 heteroatoms. The maximum absolute atomic E-state index is 12.5. The first-order valence-electron chi connectivity index (χ1n) is 5.81. The molecule has 0 spiro atoms. The van der Waals surface area contributed by atoms with Gasteiger partial charge in [-0.25, -0.2) is 0 Å². The van der Waals surface area contributed by atoms with Crippen molar-refractivity contribution >= 4 is 17.6 Å². The van der Waals surface area contributed by atoms with Crippen LogP contribution in [0.4, 0.5) is 13.2 Å². The number of carbonyl (C=O) groups excluding carboxylic acids is 1. The largest absolute Gasteiger partial charge is 0.459 e. The number of hydrogen-bond acceptors (Lipinski definition) is 4. The highest BCUT2D eigenvalue weighted by molar-refractivity contribution is 6.31. The lowest BCUT2D eigenvalue weighted by Crippen LogP contribution is -2.28. The highest BCUT2D eigenvalue weighted by atomic mass is 35.5. The van der Waals surface area contributed by atoms with Crippen LogP contribution in [0, 0.1) is 11.3 Å². The Bertz CT molecular complexity index is 589. The van der Waals surface area contributed by atoms with Crippen molar-refractivity contribution in [1.29, 1.82) is 5.26 Å². The summed E-state index contributed by atoms with van der Waals surface area (Å²) >= 11 is 5.70. The molecule has 0 amide bonds. The van der Waals surface area contributed by atoms with Crippen molar-refractivity contribution in [3.63, 3.8) is 0 Å². The van der Waals surface area contributed by atoms with E-state index in [1.165, 1.54) is 0 Å².